The van der Waals surface area contributed by atoms with E-state index in [9.17, 15) is 19.2 Å². The molecule has 0 radical (unpaired) electrons. The molecule has 2 heterocycles. The lowest BCUT2D eigenvalue weighted by Gasteiger charge is -2.36. The first-order chi connectivity index (χ1) is 14.2. The minimum absolute atomic E-state index is 0.0204. The number of amides is 3. The Morgan fingerprint density at radius 1 is 1.20 bits per heavy atom. The summed E-state index contributed by atoms with van der Waals surface area (Å²) in [6, 6.07) is 1.73. The monoisotopic (exact) mass is 415 g/mol. The molecule has 162 valence electrons. The number of nitrogens with zero attached hydrogens (tertiary/aromatic N) is 2. The van der Waals surface area contributed by atoms with Gasteiger partial charge in [-0.1, -0.05) is 19.8 Å². The van der Waals surface area contributed by atoms with E-state index in [-0.39, 0.29) is 17.6 Å². The number of nitrogens with one attached hydrogen (secondary N) is 1. The third kappa shape index (κ3) is 3.42. The van der Waals surface area contributed by atoms with Crippen molar-refractivity contribution in [3.63, 3.8) is 0 Å². The molecule has 8 nitrogen and oxygen atoms in total. The molecule has 8 heteroatoms. The van der Waals surface area contributed by atoms with Crippen LogP contribution in [0, 0.1) is 19.8 Å². The first-order valence-corrected chi connectivity index (χ1v) is 10.8. The van der Waals surface area contributed by atoms with Gasteiger partial charge in [0, 0.05) is 23.0 Å². The summed E-state index contributed by atoms with van der Waals surface area (Å²) in [4.78, 5) is 51.1. The fraction of sp³-hybridized carbons (Fsp3) is 0.636. The Morgan fingerprint density at radius 2 is 1.93 bits per heavy atom. The van der Waals surface area contributed by atoms with E-state index in [1.54, 1.807) is 0 Å². The Kier molecular flexibility index (Phi) is 5.20. The minimum Gasteiger partial charge on any atom is -0.456 e. The number of carbonyl (C=O) groups is 4. The van der Waals surface area contributed by atoms with Crippen LogP contribution in [-0.4, -0.2) is 51.8 Å². The fourth-order valence-corrected chi connectivity index (χ4v) is 4.99. The van der Waals surface area contributed by atoms with Crippen molar-refractivity contribution in [1.29, 1.82) is 0 Å². The molecule has 1 aliphatic heterocycles. The Bertz CT molecular complexity index is 916. The molecule has 30 heavy (non-hydrogen) atoms. The average molecular weight is 415 g/mol. The number of hydrogen-bond donors (Lipinski definition) is 1. The average Bonchev–Trinajstić information content (AvgIpc) is 3.45. The number of Topliss-reactive ketones (excluding diaryl/α,β-unsaturated/α-hetero) is 1. The SMILES string of the molecule is Cc1cc(C(=O)COC(=O)CN2C(=O)N[C@@]3(CCCC[C@H]3C)C2=O)c(C)n1C1CC1. The molecule has 1 saturated heterocycles. The Labute approximate surface area is 175 Å². The lowest BCUT2D eigenvalue weighted by Crippen LogP contribution is -2.54. The van der Waals surface area contributed by atoms with Crippen molar-refractivity contribution < 1.29 is 23.9 Å². The second-order valence-corrected chi connectivity index (χ2v) is 8.91. The number of imide groups is 1. The van der Waals surface area contributed by atoms with E-state index in [1.165, 1.54) is 0 Å². The molecule has 0 aromatic carbocycles. The quantitative estimate of drug-likeness (QED) is 0.438. The van der Waals surface area contributed by atoms with Gasteiger partial charge in [-0.3, -0.25) is 19.3 Å². The highest BCUT2D eigenvalue weighted by atomic mass is 16.5. The smallest absolute Gasteiger partial charge is 0.326 e. The van der Waals surface area contributed by atoms with Crippen LogP contribution in [-0.2, 0) is 14.3 Å². The second kappa shape index (κ2) is 7.56. The van der Waals surface area contributed by atoms with Crippen molar-refractivity contribution in [2.24, 2.45) is 5.92 Å². The summed E-state index contributed by atoms with van der Waals surface area (Å²) in [5.74, 6) is -1.38. The molecular formula is C22H29N3O5. The minimum atomic E-state index is -0.911. The maximum Gasteiger partial charge on any atom is 0.326 e. The van der Waals surface area contributed by atoms with Crippen molar-refractivity contribution in [2.75, 3.05) is 13.2 Å². The van der Waals surface area contributed by atoms with Gasteiger partial charge in [-0.25, -0.2) is 4.79 Å². The largest absolute Gasteiger partial charge is 0.456 e. The topological polar surface area (TPSA) is 97.7 Å². The van der Waals surface area contributed by atoms with Crippen molar-refractivity contribution >= 4 is 23.7 Å². The number of carbonyl (C=O) groups excluding carboxylic acids is 4. The lowest BCUT2D eigenvalue weighted by atomic mass is 9.73. The zero-order valence-corrected chi connectivity index (χ0v) is 17.8. The fourth-order valence-electron chi connectivity index (χ4n) is 4.99. The molecule has 3 amide bonds. The van der Waals surface area contributed by atoms with Crippen molar-refractivity contribution in [3.05, 3.63) is 23.0 Å². The normalized spacial score (nSPS) is 26.2. The van der Waals surface area contributed by atoms with Crippen LogP contribution < -0.4 is 5.32 Å². The molecule has 2 atom stereocenters. The van der Waals surface area contributed by atoms with Crippen LogP contribution in [0.1, 0.15) is 73.2 Å². The molecule has 1 spiro atoms. The molecule has 1 N–H and O–H groups in total. The van der Waals surface area contributed by atoms with Gasteiger partial charge in [0.05, 0.1) is 0 Å². The molecule has 4 rings (SSSR count). The third-order valence-corrected chi connectivity index (χ3v) is 6.85. The van der Waals surface area contributed by atoms with Crippen LogP contribution in [0.2, 0.25) is 0 Å². The highest BCUT2D eigenvalue weighted by Crippen LogP contribution is 2.39. The molecular weight excluding hydrogens is 386 g/mol. The third-order valence-electron chi connectivity index (χ3n) is 6.85. The molecule has 0 unspecified atom stereocenters. The van der Waals surface area contributed by atoms with Crippen molar-refractivity contribution in [3.8, 4) is 0 Å². The van der Waals surface area contributed by atoms with Crippen molar-refractivity contribution in [1.82, 2.24) is 14.8 Å². The number of urea groups is 1. The van der Waals surface area contributed by atoms with Gasteiger partial charge in [-0.2, -0.15) is 0 Å². The van der Waals surface area contributed by atoms with E-state index < -0.39 is 30.7 Å². The number of aromatic nitrogens is 1. The summed E-state index contributed by atoms with van der Waals surface area (Å²) in [7, 11) is 0. The standard InChI is InChI=1S/C22H29N3O5/c1-13-6-4-5-9-22(13)20(28)24(21(29)23-22)11-19(27)30-12-18(26)17-10-14(2)25(15(17)3)16-7-8-16/h10,13,16H,4-9,11-12H2,1-3H3,(H,23,29)/t13-,22-/m1/s1. The summed E-state index contributed by atoms with van der Waals surface area (Å²) in [5.41, 5.74) is 1.55. The molecule has 2 saturated carbocycles. The van der Waals surface area contributed by atoms with Gasteiger partial charge in [-0.05, 0) is 51.5 Å². The van der Waals surface area contributed by atoms with Crippen LogP contribution in [0.4, 0.5) is 4.79 Å². The lowest BCUT2D eigenvalue weighted by molar-refractivity contribution is -0.147. The number of ether oxygens (including phenoxy) is 1. The van der Waals surface area contributed by atoms with Crippen LogP contribution >= 0.6 is 0 Å². The molecule has 1 aromatic heterocycles. The van der Waals surface area contributed by atoms with E-state index in [0.717, 1.165) is 48.4 Å². The van der Waals surface area contributed by atoms with E-state index in [2.05, 4.69) is 9.88 Å². The summed E-state index contributed by atoms with van der Waals surface area (Å²) >= 11 is 0. The van der Waals surface area contributed by atoms with Crippen LogP contribution in [0.15, 0.2) is 6.07 Å². The van der Waals surface area contributed by atoms with E-state index in [0.29, 0.717) is 18.0 Å². The Hall–Kier alpha value is -2.64. The molecule has 3 aliphatic rings. The van der Waals surface area contributed by atoms with Gasteiger partial charge in [-0.15, -0.1) is 0 Å². The maximum absolute atomic E-state index is 12.9. The summed E-state index contributed by atoms with van der Waals surface area (Å²) in [6.45, 7) is 4.94. The molecule has 2 aliphatic carbocycles. The van der Waals surface area contributed by atoms with E-state index in [1.807, 2.05) is 26.8 Å². The van der Waals surface area contributed by atoms with Crippen LogP contribution in [0.5, 0.6) is 0 Å². The maximum atomic E-state index is 12.9. The number of rotatable bonds is 6. The second-order valence-electron chi connectivity index (χ2n) is 8.91. The van der Waals surface area contributed by atoms with Crippen LogP contribution in [0.25, 0.3) is 0 Å². The Morgan fingerprint density at radius 3 is 2.60 bits per heavy atom. The van der Waals surface area contributed by atoms with Gasteiger partial charge in [0.15, 0.2) is 6.61 Å². The zero-order chi connectivity index (χ0) is 21.6. The number of esters is 1. The predicted molar refractivity (Wildman–Crippen MR) is 108 cm³/mol. The van der Waals surface area contributed by atoms with Gasteiger partial charge in [0.25, 0.3) is 5.91 Å². The van der Waals surface area contributed by atoms with Gasteiger partial charge in [0.1, 0.15) is 12.1 Å². The van der Waals surface area contributed by atoms with Gasteiger partial charge in [0.2, 0.25) is 5.78 Å². The molecule has 1 aromatic rings. The molecule has 0 bridgehead atoms. The van der Waals surface area contributed by atoms with E-state index >= 15 is 0 Å². The first-order valence-electron chi connectivity index (χ1n) is 10.8. The van der Waals surface area contributed by atoms with Gasteiger partial charge >= 0.3 is 12.0 Å². The molecule has 3 fully saturated rings. The number of ketones is 1. The first kappa shape index (κ1) is 20.6. The van der Waals surface area contributed by atoms with E-state index in [4.69, 9.17) is 4.74 Å². The Balaban J connectivity index is 1.36. The zero-order valence-electron chi connectivity index (χ0n) is 17.8. The predicted octanol–water partition coefficient (Wildman–Crippen LogP) is 2.67. The summed E-state index contributed by atoms with van der Waals surface area (Å²) in [5, 5.41) is 2.81. The highest BCUT2D eigenvalue weighted by Gasteiger charge is 2.55. The van der Waals surface area contributed by atoms with Crippen molar-refractivity contribution in [2.45, 2.75) is 70.9 Å². The summed E-state index contributed by atoms with van der Waals surface area (Å²) < 4.78 is 7.29. The highest BCUT2D eigenvalue weighted by molar-refractivity contribution is 6.09. The summed E-state index contributed by atoms with van der Waals surface area (Å²) in [6.07, 6.45) is 5.56. The number of aryl methyl sites for hydroxylation is 1. The van der Waals surface area contributed by atoms with Gasteiger partial charge < -0.3 is 14.6 Å². The number of hydrogen-bond acceptors (Lipinski definition) is 5. The van der Waals surface area contributed by atoms with Crippen LogP contribution in [0.3, 0.4) is 0 Å².